The van der Waals surface area contributed by atoms with Crippen LogP contribution in [0.5, 0.6) is 0 Å². The van der Waals surface area contributed by atoms with Crippen molar-refractivity contribution in [2.75, 3.05) is 6.54 Å². The molecule has 94 valence electrons. The second-order valence-corrected chi connectivity index (χ2v) is 3.31. The maximum absolute atomic E-state index is 11.5. The van der Waals surface area contributed by atoms with Gasteiger partial charge in [-0.05, 0) is 12.1 Å². The zero-order chi connectivity index (χ0) is 13.0. The molecule has 2 N–H and O–H groups in total. The third-order valence-electron chi connectivity index (χ3n) is 2.07. The molecule has 0 aliphatic heterocycles. The number of carbonyl (C=O) groups excluding carboxylic acids is 1. The molecule has 0 saturated carbocycles. The largest absolute Gasteiger partial charge is 0.475 e. The van der Waals surface area contributed by atoms with Crippen LogP contribution in [0.15, 0.2) is 27.4 Å². The highest BCUT2D eigenvalue weighted by Gasteiger charge is 2.14. The summed E-state index contributed by atoms with van der Waals surface area (Å²) in [5.74, 6) is -1.65. The Hall–Kier alpha value is -2.64. The monoisotopic (exact) mass is 251 g/mol. The lowest BCUT2D eigenvalue weighted by Gasteiger charge is -1.99. The zero-order valence-electron chi connectivity index (χ0n) is 9.12. The standard InChI is InChI=1S/C10H9N3O5/c14-9(6-1-2-7(17-6)10(15)16)11-4-3-8-12-5-13-18-8/h1-2,5H,3-4H2,(H,11,14)(H,15,16). The van der Waals surface area contributed by atoms with Crippen molar-refractivity contribution in [2.45, 2.75) is 6.42 Å². The van der Waals surface area contributed by atoms with Gasteiger partial charge >= 0.3 is 5.97 Å². The molecule has 0 saturated heterocycles. The Bertz CT molecular complexity index is 546. The third-order valence-corrected chi connectivity index (χ3v) is 2.07. The van der Waals surface area contributed by atoms with Crippen LogP contribution in [0.3, 0.4) is 0 Å². The van der Waals surface area contributed by atoms with Crippen molar-refractivity contribution in [3.63, 3.8) is 0 Å². The van der Waals surface area contributed by atoms with Crippen LogP contribution in [0.1, 0.15) is 27.0 Å². The Morgan fingerprint density at radius 1 is 1.33 bits per heavy atom. The summed E-state index contributed by atoms with van der Waals surface area (Å²) in [5.41, 5.74) is 0. The van der Waals surface area contributed by atoms with Crippen molar-refractivity contribution >= 4 is 11.9 Å². The topological polar surface area (TPSA) is 118 Å². The first-order chi connectivity index (χ1) is 8.66. The summed E-state index contributed by atoms with van der Waals surface area (Å²) in [5, 5.41) is 14.6. The van der Waals surface area contributed by atoms with Crippen LogP contribution < -0.4 is 5.32 Å². The van der Waals surface area contributed by atoms with E-state index in [-0.39, 0.29) is 18.1 Å². The summed E-state index contributed by atoms with van der Waals surface area (Å²) in [6.45, 7) is 0.282. The van der Waals surface area contributed by atoms with E-state index in [1.807, 2.05) is 0 Å². The van der Waals surface area contributed by atoms with Gasteiger partial charge in [0.2, 0.25) is 11.7 Å². The highest BCUT2D eigenvalue weighted by Crippen LogP contribution is 2.07. The molecule has 0 atom stereocenters. The lowest BCUT2D eigenvalue weighted by molar-refractivity contribution is 0.0659. The summed E-state index contributed by atoms with van der Waals surface area (Å²) in [7, 11) is 0. The maximum atomic E-state index is 11.5. The van der Waals surface area contributed by atoms with Gasteiger partial charge in [0.15, 0.2) is 12.1 Å². The van der Waals surface area contributed by atoms with Crippen LogP contribution in [-0.2, 0) is 6.42 Å². The minimum Gasteiger partial charge on any atom is -0.475 e. The lowest BCUT2D eigenvalue weighted by atomic mass is 10.3. The highest BCUT2D eigenvalue weighted by molar-refractivity contribution is 5.93. The number of carboxylic acid groups (broad SMARTS) is 1. The van der Waals surface area contributed by atoms with Gasteiger partial charge in [0, 0.05) is 13.0 Å². The molecule has 0 aromatic carbocycles. The number of aromatic nitrogens is 2. The van der Waals surface area contributed by atoms with E-state index in [1.165, 1.54) is 18.5 Å². The lowest BCUT2D eigenvalue weighted by Crippen LogP contribution is -2.25. The summed E-state index contributed by atoms with van der Waals surface area (Å²) in [6, 6.07) is 2.51. The van der Waals surface area contributed by atoms with Crippen molar-refractivity contribution in [3.05, 3.63) is 35.9 Å². The van der Waals surface area contributed by atoms with Gasteiger partial charge in [-0.1, -0.05) is 5.16 Å². The van der Waals surface area contributed by atoms with Gasteiger partial charge in [-0.15, -0.1) is 0 Å². The first kappa shape index (κ1) is 11.8. The number of furan rings is 1. The average Bonchev–Trinajstić information content (AvgIpc) is 2.99. The smallest absolute Gasteiger partial charge is 0.371 e. The van der Waals surface area contributed by atoms with Crippen LogP contribution >= 0.6 is 0 Å². The molecule has 2 aromatic rings. The molecule has 0 aliphatic rings. The van der Waals surface area contributed by atoms with E-state index in [2.05, 4.69) is 15.5 Å². The van der Waals surface area contributed by atoms with Crippen molar-refractivity contribution < 1.29 is 23.6 Å². The van der Waals surface area contributed by atoms with E-state index in [0.29, 0.717) is 12.3 Å². The minimum absolute atomic E-state index is 0.0575. The first-order valence-corrected chi connectivity index (χ1v) is 5.03. The minimum atomic E-state index is -1.22. The van der Waals surface area contributed by atoms with E-state index in [1.54, 1.807) is 0 Å². The third kappa shape index (κ3) is 2.73. The molecular weight excluding hydrogens is 242 g/mol. The number of amides is 1. The van der Waals surface area contributed by atoms with Gasteiger partial charge in [0.05, 0.1) is 0 Å². The normalized spacial score (nSPS) is 10.2. The molecule has 0 unspecified atom stereocenters. The van der Waals surface area contributed by atoms with E-state index >= 15 is 0 Å². The van der Waals surface area contributed by atoms with Gasteiger partial charge in [-0.2, -0.15) is 4.98 Å². The second kappa shape index (κ2) is 5.13. The van der Waals surface area contributed by atoms with Crippen molar-refractivity contribution in [1.29, 1.82) is 0 Å². The first-order valence-electron chi connectivity index (χ1n) is 5.03. The predicted octanol–water partition coefficient (Wildman–Crippen LogP) is 0.333. The molecular formula is C10H9N3O5. The molecule has 0 spiro atoms. The molecule has 0 radical (unpaired) electrons. The van der Waals surface area contributed by atoms with Crippen LogP contribution in [0.2, 0.25) is 0 Å². The highest BCUT2D eigenvalue weighted by atomic mass is 16.5. The Morgan fingerprint density at radius 3 is 2.72 bits per heavy atom. The fourth-order valence-electron chi connectivity index (χ4n) is 1.25. The van der Waals surface area contributed by atoms with Crippen LogP contribution in [-0.4, -0.2) is 33.7 Å². The van der Waals surface area contributed by atoms with Crippen molar-refractivity contribution in [1.82, 2.24) is 15.5 Å². The average molecular weight is 251 g/mol. The SMILES string of the molecule is O=C(O)c1ccc(C(=O)NCCc2ncno2)o1. The number of carboxylic acids is 1. The maximum Gasteiger partial charge on any atom is 0.371 e. The van der Waals surface area contributed by atoms with Gasteiger partial charge < -0.3 is 19.4 Å². The number of hydrogen-bond acceptors (Lipinski definition) is 6. The van der Waals surface area contributed by atoms with Crippen molar-refractivity contribution in [2.24, 2.45) is 0 Å². The van der Waals surface area contributed by atoms with Gasteiger partial charge in [0.1, 0.15) is 0 Å². The second-order valence-electron chi connectivity index (χ2n) is 3.31. The number of nitrogens with one attached hydrogen (secondary N) is 1. The Morgan fingerprint density at radius 2 is 2.11 bits per heavy atom. The molecule has 2 heterocycles. The van der Waals surface area contributed by atoms with Gasteiger partial charge in [-0.3, -0.25) is 4.79 Å². The summed E-state index contributed by atoms with van der Waals surface area (Å²) >= 11 is 0. The number of hydrogen-bond donors (Lipinski definition) is 2. The summed E-state index contributed by atoms with van der Waals surface area (Å²) in [4.78, 5) is 25.9. The van der Waals surface area contributed by atoms with Gasteiger partial charge in [-0.25, -0.2) is 4.79 Å². The van der Waals surface area contributed by atoms with E-state index in [4.69, 9.17) is 14.0 Å². The molecule has 2 aromatic heterocycles. The summed E-state index contributed by atoms with van der Waals surface area (Å²) in [6.07, 6.45) is 1.65. The predicted molar refractivity (Wildman–Crippen MR) is 56.0 cm³/mol. The molecule has 8 nitrogen and oxygen atoms in total. The molecule has 1 amide bonds. The molecule has 2 rings (SSSR count). The molecule has 8 heteroatoms. The molecule has 0 aliphatic carbocycles. The molecule has 18 heavy (non-hydrogen) atoms. The fraction of sp³-hybridized carbons (Fsp3) is 0.200. The summed E-state index contributed by atoms with van der Waals surface area (Å²) < 4.78 is 9.57. The van der Waals surface area contributed by atoms with Crippen LogP contribution in [0, 0.1) is 0 Å². The number of nitrogens with zero attached hydrogens (tertiary/aromatic N) is 2. The fourth-order valence-corrected chi connectivity index (χ4v) is 1.25. The Kier molecular flexibility index (Phi) is 3.37. The molecule has 0 fully saturated rings. The van der Waals surface area contributed by atoms with Crippen molar-refractivity contribution in [3.8, 4) is 0 Å². The van der Waals surface area contributed by atoms with Gasteiger partial charge in [0.25, 0.3) is 5.91 Å². The Balaban J connectivity index is 1.85. The van der Waals surface area contributed by atoms with Crippen LogP contribution in [0.25, 0.3) is 0 Å². The number of carbonyl (C=O) groups is 2. The van der Waals surface area contributed by atoms with E-state index in [9.17, 15) is 9.59 Å². The number of aromatic carboxylic acids is 1. The number of rotatable bonds is 5. The quantitative estimate of drug-likeness (QED) is 0.785. The van der Waals surface area contributed by atoms with Crippen LogP contribution in [0.4, 0.5) is 0 Å². The van der Waals surface area contributed by atoms with E-state index < -0.39 is 11.9 Å². The zero-order valence-corrected chi connectivity index (χ0v) is 9.12. The Labute approximate surface area is 101 Å². The molecule has 0 bridgehead atoms. The van der Waals surface area contributed by atoms with E-state index in [0.717, 1.165) is 0 Å².